The highest BCUT2D eigenvalue weighted by Gasteiger charge is 2.29. The van der Waals surface area contributed by atoms with Crippen LogP contribution >= 0.6 is 15.9 Å². The van der Waals surface area contributed by atoms with E-state index >= 15 is 0 Å². The Bertz CT molecular complexity index is 251. The van der Waals surface area contributed by atoms with E-state index in [9.17, 15) is 21.6 Å². The smallest absolute Gasteiger partial charge is 0.211 e. The number of alkyl halides is 4. The summed E-state index contributed by atoms with van der Waals surface area (Å²) in [6.07, 6.45) is -5.45. The van der Waals surface area contributed by atoms with Gasteiger partial charge in [0, 0.05) is 13.6 Å². The molecule has 0 bridgehead atoms. The molecule has 0 aromatic rings. The molecule has 0 radical (unpaired) electrons. The van der Waals surface area contributed by atoms with Gasteiger partial charge in [0.25, 0.3) is 0 Å². The summed E-state index contributed by atoms with van der Waals surface area (Å²) in [6.45, 7) is -0.544. The molecule has 0 aromatic heterocycles. The van der Waals surface area contributed by atoms with E-state index in [1.54, 1.807) is 0 Å². The average molecular weight is 284 g/mol. The van der Waals surface area contributed by atoms with Crippen LogP contribution in [0.3, 0.4) is 0 Å². The molecule has 80 valence electrons. The second-order valence-corrected chi connectivity index (χ2v) is 5.79. The Kier molecular flexibility index (Phi) is 4.67. The lowest BCUT2D eigenvalue weighted by Gasteiger charge is -2.16. The molecule has 0 saturated heterocycles. The fraction of sp³-hybridized carbons (Fsp3) is 1.00. The van der Waals surface area contributed by atoms with Crippen molar-refractivity contribution in [3.63, 3.8) is 0 Å². The molecule has 8 heteroatoms. The average Bonchev–Trinajstić information content (AvgIpc) is 1.98. The van der Waals surface area contributed by atoms with Crippen molar-refractivity contribution in [2.24, 2.45) is 0 Å². The van der Waals surface area contributed by atoms with Crippen LogP contribution in [0.2, 0.25) is 0 Å². The van der Waals surface area contributed by atoms with Gasteiger partial charge < -0.3 is 0 Å². The Morgan fingerprint density at radius 1 is 1.38 bits per heavy atom. The molecule has 0 N–H and O–H groups in total. The maximum Gasteiger partial charge on any atom is 0.390 e. The molecule has 3 nitrogen and oxygen atoms in total. The number of halogens is 4. The van der Waals surface area contributed by atoms with Crippen molar-refractivity contribution in [1.29, 1.82) is 0 Å². The largest absolute Gasteiger partial charge is 0.390 e. The first-order valence-corrected chi connectivity index (χ1v) is 5.99. The Hall–Kier alpha value is 0.180. The molecule has 0 aromatic carbocycles. The molecule has 0 unspecified atom stereocenters. The van der Waals surface area contributed by atoms with Gasteiger partial charge in [-0.25, -0.2) is 12.7 Å². The molecule has 0 fully saturated rings. The molecule has 0 spiro atoms. The number of hydrogen-bond acceptors (Lipinski definition) is 2. The normalized spacial score (nSPS) is 13.7. The van der Waals surface area contributed by atoms with Crippen LogP contribution in [0, 0.1) is 0 Å². The minimum absolute atomic E-state index is 0.367. The van der Waals surface area contributed by atoms with Crippen LogP contribution in [0.4, 0.5) is 13.2 Å². The van der Waals surface area contributed by atoms with Crippen LogP contribution in [0.15, 0.2) is 0 Å². The molecule has 0 aliphatic carbocycles. The quantitative estimate of drug-likeness (QED) is 0.735. The zero-order chi connectivity index (χ0) is 10.7. The molecule has 0 saturated carbocycles. The standard InChI is InChI=1S/C5H9BrF3NO2S/c1-10(13(11,12)4-6)3-2-5(7,8)9/h2-4H2,1H3. The first kappa shape index (κ1) is 13.2. The first-order chi connectivity index (χ1) is 5.69. The highest BCUT2D eigenvalue weighted by molar-refractivity contribution is 9.10. The van der Waals surface area contributed by atoms with Gasteiger partial charge in [-0.15, -0.1) is 0 Å². The third-order valence-electron chi connectivity index (χ3n) is 1.32. The molecule has 0 rings (SSSR count). The summed E-state index contributed by atoms with van der Waals surface area (Å²) >= 11 is 2.68. The summed E-state index contributed by atoms with van der Waals surface area (Å²) in [6, 6.07) is 0. The van der Waals surface area contributed by atoms with Crippen LogP contribution < -0.4 is 0 Å². The van der Waals surface area contributed by atoms with Crippen molar-refractivity contribution in [3.8, 4) is 0 Å². The van der Waals surface area contributed by atoms with Crippen LogP contribution in [0.5, 0.6) is 0 Å². The van der Waals surface area contributed by atoms with Gasteiger partial charge in [0.1, 0.15) is 4.66 Å². The highest BCUT2D eigenvalue weighted by Crippen LogP contribution is 2.20. The van der Waals surface area contributed by atoms with Gasteiger partial charge in [-0.1, -0.05) is 15.9 Å². The van der Waals surface area contributed by atoms with Crippen molar-refractivity contribution in [2.75, 3.05) is 18.3 Å². The van der Waals surface area contributed by atoms with Crippen LogP contribution in [-0.4, -0.2) is 37.2 Å². The molecule has 0 atom stereocenters. The van der Waals surface area contributed by atoms with Crippen molar-refractivity contribution in [1.82, 2.24) is 4.31 Å². The van der Waals surface area contributed by atoms with E-state index in [0.717, 1.165) is 7.05 Å². The van der Waals surface area contributed by atoms with Crippen LogP contribution in [-0.2, 0) is 10.0 Å². The van der Waals surface area contributed by atoms with E-state index in [4.69, 9.17) is 0 Å². The van der Waals surface area contributed by atoms with Gasteiger partial charge in [-0.05, 0) is 0 Å². The summed E-state index contributed by atoms with van der Waals surface area (Å²) in [7, 11) is -2.46. The third kappa shape index (κ3) is 5.48. The summed E-state index contributed by atoms with van der Waals surface area (Å²) in [5.41, 5.74) is 0. The van der Waals surface area contributed by atoms with Gasteiger partial charge in [-0.3, -0.25) is 0 Å². The van der Waals surface area contributed by atoms with Crippen molar-refractivity contribution in [3.05, 3.63) is 0 Å². The lowest BCUT2D eigenvalue weighted by Crippen LogP contribution is -2.31. The minimum Gasteiger partial charge on any atom is -0.211 e. The summed E-state index contributed by atoms with van der Waals surface area (Å²) < 4.78 is 57.2. The Morgan fingerprint density at radius 3 is 2.15 bits per heavy atom. The van der Waals surface area contributed by atoms with E-state index < -0.39 is 29.2 Å². The van der Waals surface area contributed by atoms with E-state index in [1.165, 1.54) is 0 Å². The molecule has 0 amide bonds. The maximum absolute atomic E-state index is 11.7. The molecular formula is C5H9BrF3NO2S. The van der Waals surface area contributed by atoms with Crippen molar-refractivity contribution >= 4 is 26.0 Å². The topological polar surface area (TPSA) is 37.4 Å². The maximum atomic E-state index is 11.7. The Morgan fingerprint density at radius 2 is 1.85 bits per heavy atom. The number of nitrogens with zero attached hydrogens (tertiary/aromatic N) is 1. The first-order valence-electron chi connectivity index (χ1n) is 3.26. The van der Waals surface area contributed by atoms with E-state index in [-0.39, 0.29) is 4.66 Å². The van der Waals surface area contributed by atoms with Gasteiger partial charge >= 0.3 is 6.18 Å². The molecule has 0 aliphatic heterocycles. The van der Waals surface area contributed by atoms with Gasteiger partial charge in [0.05, 0.1) is 6.42 Å². The minimum atomic E-state index is -4.32. The third-order valence-corrected chi connectivity index (χ3v) is 4.47. The van der Waals surface area contributed by atoms with Crippen molar-refractivity contribution in [2.45, 2.75) is 12.6 Å². The predicted molar refractivity (Wildman–Crippen MR) is 46.0 cm³/mol. The monoisotopic (exact) mass is 283 g/mol. The van der Waals surface area contributed by atoms with E-state index in [2.05, 4.69) is 15.9 Å². The van der Waals surface area contributed by atoms with Crippen molar-refractivity contribution < 1.29 is 21.6 Å². The number of rotatable bonds is 4. The summed E-state index contributed by atoms with van der Waals surface area (Å²) in [5, 5.41) is 0. The Balaban J connectivity index is 4.11. The van der Waals surface area contributed by atoms with Gasteiger partial charge in [0.15, 0.2) is 0 Å². The Labute approximate surface area is 83.1 Å². The molecule has 0 heterocycles. The number of sulfonamides is 1. The SMILES string of the molecule is CN(CCC(F)(F)F)S(=O)(=O)CBr. The second-order valence-electron chi connectivity index (χ2n) is 2.41. The lowest BCUT2D eigenvalue weighted by atomic mass is 10.4. The van der Waals surface area contributed by atoms with Gasteiger partial charge in [0.2, 0.25) is 10.0 Å². The second kappa shape index (κ2) is 4.61. The van der Waals surface area contributed by atoms with E-state index in [1.807, 2.05) is 0 Å². The molecule has 13 heavy (non-hydrogen) atoms. The van der Waals surface area contributed by atoms with E-state index in [0.29, 0.717) is 4.31 Å². The summed E-state index contributed by atoms with van der Waals surface area (Å²) in [5.74, 6) is 0. The van der Waals surface area contributed by atoms with Crippen LogP contribution in [0.1, 0.15) is 6.42 Å². The highest BCUT2D eigenvalue weighted by atomic mass is 79.9. The molecular weight excluding hydrogens is 275 g/mol. The zero-order valence-corrected chi connectivity index (χ0v) is 9.21. The fourth-order valence-corrected chi connectivity index (χ4v) is 2.09. The number of hydrogen-bond donors (Lipinski definition) is 0. The molecule has 0 aliphatic rings. The lowest BCUT2D eigenvalue weighted by molar-refractivity contribution is -0.135. The predicted octanol–water partition coefficient (Wildman–Crippen LogP) is 1.55. The van der Waals surface area contributed by atoms with Gasteiger partial charge in [-0.2, -0.15) is 13.2 Å². The fourth-order valence-electron chi connectivity index (χ4n) is 0.507. The summed E-state index contributed by atoms with van der Waals surface area (Å²) in [4.78, 5) is 0. The van der Waals surface area contributed by atoms with Crippen LogP contribution in [0.25, 0.3) is 0 Å². The zero-order valence-electron chi connectivity index (χ0n) is 6.81.